The second-order valence-electron chi connectivity index (χ2n) is 3.64. The van der Waals surface area contributed by atoms with Crippen LogP contribution in [0.2, 0.25) is 5.15 Å². The molecular weight excluding hydrogens is 214 g/mol. The number of ether oxygens (including phenoxy) is 1. The molecule has 0 aliphatic carbocycles. The van der Waals surface area contributed by atoms with Crippen molar-refractivity contribution in [2.75, 3.05) is 18.5 Å². The third kappa shape index (κ3) is 3.32. The molecule has 1 fully saturated rings. The molecule has 1 aromatic rings. The number of rotatable bonds is 3. The number of hydrogen-bond acceptors (Lipinski definition) is 4. The monoisotopic (exact) mass is 227 g/mol. The molecule has 15 heavy (non-hydrogen) atoms. The maximum absolute atomic E-state index is 5.72. The lowest BCUT2D eigenvalue weighted by atomic mass is 10.1. The summed E-state index contributed by atoms with van der Waals surface area (Å²) in [6, 6.07) is 1.76. The van der Waals surface area contributed by atoms with E-state index in [0.29, 0.717) is 11.3 Å². The maximum atomic E-state index is 5.72. The highest BCUT2D eigenvalue weighted by molar-refractivity contribution is 6.29. The van der Waals surface area contributed by atoms with Crippen LogP contribution >= 0.6 is 11.6 Å². The van der Waals surface area contributed by atoms with Crippen LogP contribution in [0.15, 0.2) is 12.3 Å². The Kier molecular flexibility index (Phi) is 3.75. The molecule has 1 unspecified atom stereocenters. The van der Waals surface area contributed by atoms with E-state index in [0.717, 1.165) is 25.3 Å². The number of nitrogens with one attached hydrogen (secondary N) is 1. The molecule has 1 aromatic heterocycles. The van der Waals surface area contributed by atoms with E-state index in [1.807, 2.05) is 0 Å². The highest BCUT2D eigenvalue weighted by atomic mass is 35.5. The van der Waals surface area contributed by atoms with E-state index in [4.69, 9.17) is 16.3 Å². The SMILES string of the molecule is Clc1cc(NCC2CCCCO2)cnn1. The summed E-state index contributed by atoms with van der Waals surface area (Å²) in [5.74, 6) is 0. The number of nitrogens with zero attached hydrogens (tertiary/aromatic N) is 2. The van der Waals surface area contributed by atoms with Crippen molar-refractivity contribution in [3.63, 3.8) is 0 Å². The van der Waals surface area contributed by atoms with Crippen LogP contribution in [0.3, 0.4) is 0 Å². The zero-order valence-corrected chi connectivity index (χ0v) is 9.20. The Balaban J connectivity index is 1.81. The molecule has 4 nitrogen and oxygen atoms in total. The fourth-order valence-corrected chi connectivity index (χ4v) is 1.80. The van der Waals surface area contributed by atoms with Gasteiger partial charge in [0.2, 0.25) is 0 Å². The van der Waals surface area contributed by atoms with E-state index in [1.165, 1.54) is 12.8 Å². The van der Waals surface area contributed by atoms with Gasteiger partial charge in [-0.3, -0.25) is 0 Å². The normalized spacial score (nSPS) is 21.3. The van der Waals surface area contributed by atoms with Gasteiger partial charge in [-0.2, -0.15) is 5.10 Å². The molecular formula is C10H14ClN3O. The van der Waals surface area contributed by atoms with Gasteiger partial charge in [0, 0.05) is 19.2 Å². The first kappa shape index (κ1) is 10.6. The van der Waals surface area contributed by atoms with Crippen molar-refractivity contribution in [3.05, 3.63) is 17.4 Å². The van der Waals surface area contributed by atoms with E-state index >= 15 is 0 Å². The molecule has 1 aliphatic rings. The molecule has 0 saturated carbocycles. The van der Waals surface area contributed by atoms with Crippen molar-refractivity contribution in [1.82, 2.24) is 10.2 Å². The summed E-state index contributed by atoms with van der Waals surface area (Å²) in [5.41, 5.74) is 0.893. The van der Waals surface area contributed by atoms with Crippen LogP contribution in [0, 0.1) is 0 Å². The zero-order valence-electron chi connectivity index (χ0n) is 8.45. The summed E-state index contributed by atoms with van der Waals surface area (Å²) in [4.78, 5) is 0. The lowest BCUT2D eigenvalue weighted by molar-refractivity contribution is 0.0247. The Hall–Kier alpha value is -0.870. The van der Waals surface area contributed by atoms with Crippen LogP contribution in [0.4, 0.5) is 5.69 Å². The molecule has 0 spiro atoms. The molecule has 2 rings (SSSR count). The summed E-state index contributed by atoms with van der Waals surface area (Å²) < 4.78 is 5.60. The van der Waals surface area contributed by atoms with Crippen LogP contribution in [0.5, 0.6) is 0 Å². The molecule has 0 amide bonds. The maximum Gasteiger partial charge on any atom is 0.153 e. The fraction of sp³-hybridized carbons (Fsp3) is 0.600. The Morgan fingerprint density at radius 3 is 3.20 bits per heavy atom. The van der Waals surface area contributed by atoms with Crippen LogP contribution in [0.1, 0.15) is 19.3 Å². The molecule has 5 heteroatoms. The summed E-state index contributed by atoms with van der Waals surface area (Å²) in [7, 11) is 0. The summed E-state index contributed by atoms with van der Waals surface area (Å²) >= 11 is 5.72. The number of aromatic nitrogens is 2. The van der Waals surface area contributed by atoms with Gasteiger partial charge < -0.3 is 10.1 Å². The standard InChI is InChI=1S/C10H14ClN3O/c11-10-5-8(6-13-14-10)12-7-9-3-1-2-4-15-9/h5-6,9H,1-4,7H2,(H,12,14). The van der Waals surface area contributed by atoms with E-state index in [9.17, 15) is 0 Å². The first-order valence-corrected chi connectivity index (χ1v) is 5.56. The van der Waals surface area contributed by atoms with Crippen molar-refractivity contribution in [1.29, 1.82) is 0 Å². The van der Waals surface area contributed by atoms with Gasteiger partial charge in [-0.05, 0) is 19.3 Å². The van der Waals surface area contributed by atoms with Crippen molar-refractivity contribution in [2.45, 2.75) is 25.4 Å². The Morgan fingerprint density at radius 1 is 1.53 bits per heavy atom. The van der Waals surface area contributed by atoms with Gasteiger partial charge in [0.25, 0.3) is 0 Å². The fourth-order valence-electron chi connectivity index (χ4n) is 1.64. The van der Waals surface area contributed by atoms with Crippen molar-refractivity contribution < 1.29 is 4.74 Å². The lowest BCUT2D eigenvalue weighted by Crippen LogP contribution is -2.27. The van der Waals surface area contributed by atoms with Gasteiger partial charge in [0.15, 0.2) is 5.15 Å². The molecule has 1 saturated heterocycles. The Morgan fingerprint density at radius 2 is 2.47 bits per heavy atom. The summed E-state index contributed by atoms with van der Waals surface area (Å²) in [5, 5.41) is 11.1. The number of anilines is 1. The van der Waals surface area contributed by atoms with Gasteiger partial charge >= 0.3 is 0 Å². The highest BCUT2D eigenvalue weighted by Gasteiger charge is 2.13. The van der Waals surface area contributed by atoms with Crippen molar-refractivity contribution in [2.24, 2.45) is 0 Å². The lowest BCUT2D eigenvalue weighted by Gasteiger charge is -2.23. The average molecular weight is 228 g/mol. The minimum Gasteiger partial charge on any atom is -0.381 e. The third-order valence-electron chi connectivity index (χ3n) is 2.43. The predicted molar refractivity (Wildman–Crippen MR) is 59.1 cm³/mol. The minimum atomic E-state index is 0.311. The van der Waals surface area contributed by atoms with Gasteiger partial charge in [-0.25, -0.2) is 0 Å². The van der Waals surface area contributed by atoms with Gasteiger partial charge in [-0.1, -0.05) is 11.6 Å². The first-order chi connectivity index (χ1) is 7.34. The molecule has 1 atom stereocenters. The van der Waals surface area contributed by atoms with Gasteiger partial charge in [-0.15, -0.1) is 5.10 Å². The molecule has 2 heterocycles. The van der Waals surface area contributed by atoms with Crippen molar-refractivity contribution in [3.8, 4) is 0 Å². The smallest absolute Gasteiger partial charge is 0.153 e. The summed E-state index contributed by atoms with van der Waals surface area (Å²) in [6.07, 6.45) is 5.53. The van der Waals surface area contributed by atoms with Crippen molar-refractivity contribution >= 4 is 17.3 Å². The van der Waals surface area contributed by atoms with Crippen LogP contribution in [-0.4, -0.2) is 29.5 Å². The quantitative estimate of drug-likeness (QED) is 0.859. The topological polar surface area (TPSA) is 47.0 Å². The average Bonchev–Trinajstić information content (AvgIpc) is 2.28. The molecule has 82 valence electrons. The molecule has 0 bridgehead atoms. The van der Waals surface area contributed by atoms with Crippen LogP contribution in [0.25, 0.3) is 0 Å². The second-order valence-corrected chi connectivity index (χ2v) is 4.02. The third-order valence-corrected chi connectivity index (χ3v) is 2.62. The second kappa shape index (κ2) is 5.28. The zero-order chi connectivity index (χ0) is 10.5. The van der Waals surface area contributed by atoms with E-state index < -0.39 is 0 Å². The Labute approximate surface area is 94.0 Å². The Bertz CT molecular complexity index is 315. The highest BCUT2D eigenvalue weighted by Crippen LogP contribution is 2.15. The number of halogens is 1. The summed E-state index contributed by atoms with van der Waals surface area (Å²) in [6.45, 7) is 1.68. The molecule has 1 aliphatic heterocycles. The van der Waals surface area contributed by atoms with Crippen LogP contribution < -0.4 is 5.32 Å². The van der Waals surface area contributed by atoms with Gasteiger partial charge in [0.1, 0.15) is 0 Å². The first-order valence-electron chi connectivity index (χ1n) is 5.18. The van der Waals surface area contributed by atoms with E-state index in [2.05, 4.69) is 15.5 Å². The van der Waals surface area contributed by atoms with E-state index in [-0.39, 0.29) is 0 Å². The van der Waals surface area contributed by atoms with E-state index in [1.54, 1.807) is 12.3 Å². The minimum absolute atomic E-state index is 0.311. The van der Waals surface area contributed by atoms with Crippen LogP contribution in [-0.2, 0) is 4.74 Å². The predicted octanol–water partition coefficient (Wildman–Crippen LogP) is 2.11. The number of hydrogen-bond donors (Lipinski definition) is 1. The van der Waals surface area contributed by atoms with Gasteiger partial charge in [0.05, 0.1) is 18.0 Å². The largest absolute Gasteiger partial charge is 0.381 e. The molecule has 1 N–H and O–H groups in total. The molecule has 0 aromatic carbocycles. The molecule has 0 radical (unpaired) electrons.